The number of alkyl carbamates (subject to hydrolysis) is 1. The van der Waals surface area contributed by atoms with Crippen LogP contribution in [-0.4, -0.2) is 108 Å². The number of carbonyl (C=O) groups is 6. The zero-order valence-corrected chi connectivity index (χ0v) is 26.5. The quantitative estimate of drug-likeness (QED) is 0.206. The van der Waals surface area contributed by atoms with Gasteiger partial charge in [0.2, 0.25) is 11.8 Å². The maximum Gasteiger partial charge on any atom is 0.408 e. The van der Waals surface area contributed by atoms with Crippen molar-refractivity contribution >= 4 is 35.8 Å². The van der Waals surface area contributed by atoms with Crippen LogP contribution in [0.4, 0.5) is 9.59 Å². The van der Waals surface area contributed by atoms with Crippen molar-refractivity contribution in [1.29, 1.82) is 0 Å². The Bertz CT molecular complexity index is 1210. The maximum absolute atomic E-state index is 14.1. The number of aliphatic carboxylic acids is 1. The van der Waals surface area contributed by atoms with E-state index in [2.05, 4.69) is 36.6 Å². The molecule has 250 valence electrons. The van der Waals surface area contributed by atoms with Gasteiger partial charge < -0.3 is 30.7 Å². The van der Waals surface area contributed by atoms with Crippen molar-refractivity contribution < 1.29 is 38.6 Å². The number of hydrogen-bond donors (Lipinski definition) is 5. The highest BCUT2D eigenvalue weighted by molar-refractivity contribution is 6.05. The van der Waals surface area contributed by atoms with E-state index in [1.54, 1.807) is 27.7 Å². The molecule has 2 aliphatic rings. The lowest BCUT2D eigenvalue weighted by molar-refractivity contribution is -0.141. The van der Waals surface area contributed by atoms with Gasteiger partial charge in [-0.15, -0.1) is 10.2 Å². The van der Waals surface area contributed by atoms with Gasteiger partial charge in [0.25, 0.3) is 5.91 Å². The van der Waals surface area contributed by atoms with E-state index in [1.165, 1.54) is 4.90 Å². The summed E-state index contributed by atoms with van der Waals surface area (Å²) >= 11 is 0. The summed E-state index contributed by atoms with van der Waals surface area (Å²) in [7, 11) is 0. The molecule has 1 aromatic rings. The van der Waals surface area contributed by atoms with Crippen molar-refractivity contribution in [3.8, 4) is 0 Å². The summed E-state index contributed by atoms with van der Waals surface area (Å²) in [6, 6.07) is -4.73. The molecular weight excluding hydrogens is 590 g/mol. The van der Waals surface area contributed by atoms with Gasteiger partial charge in [-0.2, -0.15) is 5.21 Å². The molecule has 45 heavy (non-hydrogen) atoms. The molecule has 5 N–H and O–H groups in total. The van der Waals surface area contributed by atoms with Gasteiger partial charge in [0.05, 0.1) is 13.1 Å². The summed E-state index contributed by atoms with van der Waals surface area (Å²) in [5.74, 6) is -3.76. The average Bonchev–Trinajstić information content (AvgIpc) is 3.63. The average molecular weight is 636 g/mol. The number of hydrogen-bond acceptors (Lipinski definition) is 10. The second-order valence-corrected chi connectivity index (χ2v) is 12.5. The van der Waals surface area contributed by atoms with Crippen LogP contribution in [-0.2, 0) is 30.5 Å². The second kappa shape index (κ2) is 15.6. The molecule has 0 bridgehead atoms. The topological polar surface area (TPSA) is 229 Å². The lowest BCUT2D eigenvalue weighted by atomic mass is 9.94. The van der Waals surface area contributed by atoms with E-state index >= 15 is 0 Å². The third kappa shape index (κ3) is 9.84. The molecule has 1 aliphatic heterocycles. The number of nitrogens with one attached hydrogen (secondary N) is 4. The Balaban J connectivity index is 1.88. The lowest BCUT2D eigenvalue weighted by Gasteiger charge is -2.31. The van der Waals surface area contributed by atoms with Gasteiger partial charge in [-0.1, -0.05) is 44.7 Å². The molecule has 1 aliphatic carbocycles. The van der Waals surface area contributed by atoms with E-state index in [4.69, 9.17) is 4.74 Å². The second-order valence-electron chi connectivity index (χ2n) is 12.5. The molecule has 2 heterocycles. The molecule has 17 heteroatoms. The number of ether oxygens (including phenoxy) is 1. The molecule has 3 rings (SSSR count). The number of tetrazole rings is 1. The van der Waals surface area contributed by atoms with Crippen LogP contribution in [0.2, 0.25) is 0 Å². The smallest absolute Gasteiger partial charge is 0.408 e. The van der Waals surface area contributed by atoms with Crippen LogP contribution in [0.1, 0.15) is 91.8 Å². The normalized spacial score (nSPS) is 19.4. The fourth-order valence-electron chi connectivity index (χ4n) is 5.40. The molecule has 4 atom stereocenters. The molecule has 0 aromatic carbocycles. The number of amides is 6. The number of nitrogens with zero attached hydrogens (tertiary/aromatic N) is 5. The van der Waals surface area contributed by atoms with Crippen molar-refractivity contribution in [2.45, 2.75) is 122 Å². The third-order valence-corrected chi connectivity index (χ3v) is 7.93. The largest absolute Gasteiger partial charge is 0.481 e. The van der Waals surface area contributed by atoms with Gasteiger partial charge in [0, 0.05) is 12.5 Å². The standard InChI is InChI=1S/C28H45N9O8/c1-6-16(2)22(31-26(43)45-28(3,4)5)24(41)30-18(12-13-21(38)39)25(42)37-19(23(40)29-14-20-32-34-35-33-20)15-36(27(37)44)17-10-8-7-9-11-17/h16-19,22H,6-15H2,1-5H3,(H,29,40)(H,30,41)(H,31,43)(H,38,39)(H,32,33,34,35)/t16?,18?,19-,22?/m0/s1. The van der Waals surface area contributed by atoms with E-state index < -0.39 is 71.9 Å². The molecular formula is C28H45N9O8. The summed E-state index contributed by atoms with van der Waals surface area (Å²) in [5.41, 5.74) is -0.833. The number of aromatic amines is 1. The minimum atomic E-state index is -1.48. The van der Waals surface area contributed by atoms with Crippen molar-refractivity contribution in [2.24, 2.45) is 5.92 Å². The predicted molar refractivity (Wildman–Crippen MR) is 157 cm³/mol. The van der Waals surface area contributed by atoms with E-state index in [1.807, 2.05) is 6.92 Å². The lowest BCUT2D eigenvalue weighted by Crippen LogP contribution is -2.59. The molecule has 0 spiro atoms. The molecule has 1 saturated heterocycles. The van der Waals surface area contributed by atoms with Crippen LogP contribution in [0.5, 0.6) is 0 Å². The Morgan fingerprint density at radius 3 is 2.38 bits per heavy atom. The molecule has 0 radical (unpaired) electrons. The molecule has 1 saturated carbocycles. The van der Waals surface area contributed by atoms with Crippen LogP contribution in [0, 0.1) is 5.92 Å². The first kappa shape index (κ1) is 35.2. The van der Waals surface area contributed by atoms with Gasteiger partial charge in [0.1, 0.15) is 23.7 Å². The highest BCUT2D eigenvalue weighted by Crippen LogP contribution is 2.29. The minimum Gasteiger partial charge on any atom is -0.481 e. The van der Waals surface area contributed by atoms with E-state index in [0.717, 1.165) is 37.0 Å². The summed E-state index contributed by atoms with van der Waals surface area (Å²) in [4.78, 5) is 81.3. The number of aromatic nitrogens is 4. The van der Waals surface area contributed by atoms with Gasteiger partial charge in [0.15, 0.2) is 5.82 Å². The molecule has 6 amide bonds. The monoisotopic (exact) mass is 635 g/mol. The Morgan fingerprint density at radius 2 is 1.80 bits per heavy atom. The molecule has 17 nitrogen and oxygen atoms in total. The number of urea groups is 1. The SMILES string of the molecule is CCC(C)C(NC(=O)OC(C)(C)C)C(=O)NC(CCC(=O)O)C(=O)N1C(=O)N(C2CCCCC2)C[C@H]1C(=O)NCc1nn[nH]n1. The summed E-state index contributed by atoms with van der Waals surface area (Å²) in [6.07, 6.45) is 3.03. The van der Waals surface area contributed by atoms with Gasteiger partial charge >= 0.3 is 18.1 Å². The van der Waals surface area contributed by atoms with Crippen LogP contribution < -0.4 is 16.0 Å². The molecule has 3 unspecified atom stereocenters. The zero-order valence-electron chi connectivity index (χ0n) is 26.5. The van der Waals surface area contributed by atoms with Crippen LogP contribution in [0.15, 0.2) is 0 Å². The first-order chi connectivity index (χ1) is 21.2. The Labute approximate surface area is 261 Å². The van der Waals surface area contributed by atoms with Crippen LogP contribution >= 0.6 is 0 Å². The number of imide groups is 1. The fourth-order valence-corrected chi connectivity index (χ4v) is 5.40. The number of carbonyl (C=O) groups excluding carboxylic acids is 5. The maximum atomic E-state index is 14.1. The van der Waals surface area contributed by atoms with Gasteiger partial charge in [-0.3, -0.25) is 19.2 Å². The first-order valence-corrected chi connectivity index (χ1v) is 15.4. The minimum absolute atomic E-state index is 0.0669. The van der Waals surface area contributed by atoms with Crippen molar-refractivity contribution in [2.75, 3.05) is 6.54 Å². The molecule has 2 fully saturated rings. The van der Waals surface area contributed by atoms with Gasteiger partial charge in [-0.05, 0) is 46.0 Å². The van der Waals surface area contributed by atoms with Crippen LogP contribution in [0.25, 0.3) is 0 Å². The fraction of sp³-hybridized carbons (Fsp3) is 0.750. The number of H-pyrrole nitrogens is 1. The summed E-state index contributed by atoms with van der Waals surface area (Å²) in [6.45, 7) is 8.37. The van der Waals surface area contributed by atoms with E-state index in [9.17, 15) is 33.9 Å². The van der Waals surface area contributed by atoms with E-state index in [0.29, 0.717) is 6.42 Å². The number of carboxylic acids is 1. The highest BCUT2D eigenvalue weighted by Gasteiger charge is 2.49. The van der Waals surface area contributed by atoms with Gasteiger partial charge in [-0.25, -0.2) is 14.5 Å². The Kier molecular flexibility index (Phi) is 12.2. The third-order valence-electron chi connectivity index (χ3n) is 7.93. The van der Waals surface area contributed by atoms with Crippen molar-refractivity contribution in [1.82, 2.24) is 46.4 Å². The van der Waals surface area contributed by atoms with E-state index in [-0.39, 0.29) is 31.4 Å². The summed E-state index contributed by atoms with van der Waals surface area (Å²) in [5, 5.41) is 30.4. The van der Waals surface area contributed by atoms with Crippen molar-refractivity contribution in [3.63, 3.8) is 0 Å². The van der Waals surface area contributed by atoms with Crippen LogP contribution in [0.3, 0.4) is 0 Å². The van der Waals surface area contributed by atoms with Crippen molar-refractivity contribution in [3.05, 3.63) is 5.82 Å². The number of rotatable bonds is 13. The number of carboxylic acid groups (broad SMARTS) is 1. The highest BCUT2D eigenvalue weighted by atomic mass is 16.6. The predicted octanol–water partition coefficient (Wildman–Crippen LogP) is 1.07. The molecule has 1 aromatic heterocycles. The zero-order chi connectivity index (χ0) is 33.3. The Morgan fingerprint density at radius 1 is 1.11 bits per heavy atom. The summed E-state index contributed by atoms with van der Waals surface area (Å²) < 4.78 is 5.31. The Hall–Kier alpha value is -4.31. The first-order valence-electron chi connectivity index (χ1n) is 15.4.